The molecule has 0 bridgehead atoms. The van der Waals surface area contributed by atoms with E-state index in [4.69, 9.17) is 5.11 Å². The third kappa shape index (κ3) is 8.15. The Hall–Kier alpha value is -1.10. The molecule has 2 N–H and O–H groups in total. The molecule has 20 heavy (non-hydrogen) atoms. The van der Waals surface area contributed by atoms with Crippen LogP contribution in [0.25, 0.3) is 0 Å². The summed E-state index contributed by atoms with van der Waals surface area (Å²) in [5, 5.41) is 12.0. The zero-order chi connectivity index (χ0) is 15.9. The van der Waals surface area contributed by atoms with Crippen LogP contribution < -0.4 is 5.32 Å². The molecule has 0 saturated heterocycles. The molecule has 0 aromatic carbocycles. The second kappa shape index (κ2) is 8.25. The zero-order valence-corrected chi connectivity index (χ0v) is 13.7. The first-order valence-corrected chi connectivity index (χ1v) is 7.20. The van der Waals surface area contributed by atoms with E-state index in [1.165, 1.54) is 0 Å². The minimum Gasteiger partial charge on any atom is -0.481 e. The number of aliphatic carboxylic acids is 1. The van der Waals surface area contributed by atoms with E-state index in [0.717, 1.165) is 13.0 Å². The molecule has 1 amide bonds. The summed E-state index contributed by atoms with van der Waals surface area (Å²) in [5.74, 6) is -2.20. The van der Waals surface area contributed by atoms with Crippen molar-refractivity contribution in [2.45, 2.75) is 40.5 Å². The summed E-state index contributed by atoms with van der Waals surface area (Å²) in [5.41, 5.74) is -0.0741. The lowest BCUT2D eigenvalue weighted by molar-refractivity contribution is -0.147. The van der Waals surface area contributed by atoms with Crippen LogP contribution >= 0.6 is 0 Å². The molecule has 0 rings (SSSR count). The molecular formula is C15H30N2O3. The monoisotopic (exact) mass is 286 g/mol. The van der Waals surface area contributed by atoms with Gasteiger partial charge in [0.2, 0.25) is 5.91 Å². The molecular weight excluding hydrogens is 256 g/mol. The minimum absolute atomic E-state index is 0.0741. The lowest BCUT2D eigenvalue weighted by atomic mass is 9.78. The highest BCUT2D eigenvalue weighted by Crippen LogP contribution is 2.29. The van der Waals surface area contributed by atoms with Crippen molar-refractivity contribution in [3.8, 4) is 0 Å². The van der Waals surface area contributed by atoms with Crippen molar-refractivity contribution in [2.24, 2.45) is 17.3 Å². The van der Waals surface area contributed by atoms with Crippen LogP contribution in [-0.4, -0.2) is 49.1 Å². The second-order valence-electron chi connectivity index (χ2n) is 6.95. The Kier molecular flexibility index (Phi) is 7.79. The summed E-state index contributed by atoms with van der Waals surface area (Å²) >= 11 is 0. The van der Waals surface area contributed by atoms with E-state index in [2.05, 4.69) is 10.2 Å². The number of carboxylic acids is 1. The van der Waals surface area contributed by atoms with Crippen LogP contribution in [0, 0.1) is 17.3 Å². The number of nitrogens with zero attached hydrogens (tertiary/aromatic N) is 1. The number of hydrogen-bond donors (Lipinski definition) is 2. The van der Waals surface area contributed by atoms with Crippen molar-refractivity contribution in [3.63, 3.8) is 0 Å². The van der Waals surface area contributed by atoms with E-state index in [0.29, 0.717) is 13.0 Å². The number of carboxylic acid groups (broad SMARTS) is 1. The topological polar surface area (TPSA) is 69.6 Å². The minimum atomic E-state index is -0.914. The van der Waals surface area contributed by atoms with Crippen molar-refractivity contribution >= 4 is 11.9 Å². The maximum atomic E-state index is 12.2. The molecule has 5 heteroatoms. The van der Waals surface area contributed by atoms with Crippen LogP contribution in [0.1, 0.15) is 40.5 Å². The van der Waals surface area contributed by atoms with Crippen molar-refractivity contribution in [3.05, 3.63) is 0 Å². The third-order valence-corrected chi connectivity index (χ3v) is 3.24. The molecule has 0 fully saturated rings. The molecule has 5 nitrogen and oxygen atoms in total. The van der Waals surface area contributed by atoms with E-state index >= 15 is 0 Å². The molecule has 0 heterocycles. The Morgan fingerprint density at radius 2 is 1.80 bits per heavy atom. The highest BCUT2D eigenvalue weighted by atomic mass is 16.4. The van der Waals surface area contributed by atoms with Crippen molar-refractivity contribution in [2.75, 3.05) is 27.2 Å². The van der Waals surface area contributed by atoms with Crippen molar-refractivity contribution in [1.82, 2.24) is 10.2 Å². The van der Waals surface area contributed by atoms with Crippen LogP contribution in [0.4, 0.5) is 0 Å². The lowest BCUT2D eigenvalue weighted by Gasteiger charge is -2.27. The molecule has 0 aliphatic heterocycles. The standard InChI is InChI=1S/C15H30N2O3/c1-11(14(19)20)12(10-15(2,3)4)13(18)16-8-7-9-17(5)6/h11-12H,7-10H2,1-6H3,(H,16,18)(H,19,20). The highest BCUT2D eigenvalue weighted by molar-refractivity contribution is 5.84. The SMILES string of the molecule is CC(C(=O)O)C(CC(C)(C)C)C(=O)NCCCN(C)C. The van der Waals surface area contributed by atoms with Gasteiger partial charge in [-0.1, -0.05) is 27.7 Å². The highest BCUT2D eigenvalue weighted by Gasteiger charge is 2.33. The van der Waals surface area contributed by atoms with Crippen LogP contribution in [-0.2, 0) is 9.59 Å². The van der Waals surface area contributed by atoms with Crippen molar-refractivity contribution < 1.29 is 14.7 Å². The van der Waals surface area contributed by atoms with Gasteiger partial charge in [-0.05, 0) is 38.9 Å². The average Bonchev–Trinajstić information content (AvgIpc) is 2.29. The van der Waals surface area contributed by atoms with Gasteiger partial charge < -0.3 is 15.3 Å². The van der Waals surface area contributed by atoms with Crippen LogP contribution in [0.5, 0.6) is 0 Å². The molecule has 0 radical (unpaired) electrons. The van der Waals surface area contributed by atoms with Gasteiger partial charge in [-0.25, -0.2) is 0 Å². The molecule has 0 saturated carbocycles. The Morgan fingerprint density at radius 3 is 2.20 bits per heavy atom. The molecule has 0 aromatic heterocycles. The Balaban J connectivity index is 4.53. The number of carbonyl (C=O) groups excluding carboxylic acids is 1. The molecule has 118 valence electrons. The van der Waals surface area contributed by atoms with E-state index in [9.17, 15) is 9.59 Å². The van der Waals surface area contributed by atoms with Gasteiger partial charge in [0.05, 0.1) is 11.8 Å². The maximum Gasteiger partial charge on any atom is 0.307 e. The summed E-state index contributed by atoms with van der Waals surface area (Å²) in [4.78, 5) is 25.4. The smallest absolute Gasteiger partial charge is 0.307 e. The second-order valence-corrected chi connectivity index (χ2v) is 6.95. The molecule has 0 spiro atoms. The molecule has 0 aromatic rings. The van der Waals surface area contributed by atoms with E-state index in [1.807, 2.05) is 34.9 Å². The van der Waals surface area contributed by atoms with Crippen molar-refractivity contribution in [1.29, 1.82) is 0 Å². The normalized spacial score (nSPS) is 14.9. The van der Waals surface area contributed by atoms with Gasteiger partial charge in [0.1, 0.15) is 0 Å². The van der Waals surface area contributed by atoms with E-state index in [1.54, 1.807) is 6.92 Å². The summed E-state index contributed by atoms with van der Waals surface area (Å²) in [6.07, 6.45) is 1.43. The fourth-order valence-corrected chi connectivity index (χ4v) is 2.07. The maximum absolute atomic E-state index is 12.2. The Labute approximate surface area is 122 Å². The van der Waals surface area contributed by atoms with E-state index in [-0.39, 0.29) is 11.3 Å². The van der Waals surface area contributed by atoms with Crippen LogP contribution in [0.15, 0.2) is 0 Å². The number of rotatable bonds is 8. The average molecular weight is 286 g/mol. The van der Waals surface area contributed by atoms with Gasteiger partial charge in [-0.2, -0.15) is 0 Å². The first-order chi connectivity index (χ1) is 9.04. The van der Waals surface area contributed by atoms with Crippen LogP contribution in [0.3, 0.4) is 0 Å². The zero-order valence-electron chi connectivity index (χ0n) is 13.7. The fourth-order valence-electron chi connectivity index (χ4n) is 2.07. The molecule has 0 aliphatic carbocycles. The summed E-state index contributed by atoms with van der Waals surface area (Å²) in [6, 6.07) is 0. The molecule has 2 atom stereocenters. The third-order valence-electron chi connectivity index (χ3n) is 3.24. The first kappa shape index (κ1) is 18.9. The summed E-state index contributed by atoms with van der Waals surface area (Å²) < 4.78 is 0. The van der Waals surface area contributed by atoms with E-state index < -0.39 is 17.8 Å². The number of hydrogen-bond acceptors (Lipinski definition) is 3. The quantitative estimate of drug-likeness (QED) is 0.668. The summed E-state index contributed by atoms with van der Waals surface area (Å²) in [7, 11) is 3.97. The Morgan fingerprint density at radius 1 is 1.25 bits per heavy atom. The summed E-state index contributed by atoms with van der Waals surface area (Å²) in [6.45, 7) is 9.16. The van der Waals surface area contributed by atoms with Gasteiger partial charge in [0.25, 0.3) is 0 Å². The van der Waals surface area contributed by atoms with Gasteiger partial charge in [-0.15, -0.1) is 0 Å². The van der Waals surface area contributed by atoms with Gasteiger partial charge in [0, 0.05) is 6.54 Å². The molecule has 0 aliphatic rings. The van der Waals surface area contributed by atoms with Gasteiger partial charge in [-0.3, -0.25) is 9.59 Å². The fraction of sp³-hybridized carbons (Fsp3) is 0.867. The van der Waals surface area contributed by atoms with Gasteiger partial charge in [0.15, 0.2) is 0 Å². The first-order valence-electron chi connectivity index (χ1n) is 7.20. The lowest BCUT2D eigenvalue weighted by Crippen LogP contribution is -2.39. The van der Waals surface area contributed by atoms with Crippen LogP contribution in [0.2, 0.25) is 0 Å². The predicted octanol–water partition coefficient (Wildman–Crippen LogP) is 1.83. The Bertz CT molecular complexity index is 322. The number of nitrogens with one attached hydrogen (secondary N) is 1. The largest absolute Gasteiger partial charge is 0.481 e. The number of amides is 1. The number of carbonyl (C=O) groups is 2. The van der Waals surface area contributed by atoms with Gasteiger partial charge >= 0.3 is 5.97 Å². The predicted molar refractivity (Wildman–Crippen MR) is 80.5 cm³/mol. The molecule has 2 unspecified atom stereocenters.